The SMILES string of the molecule is CCS(=O)(=O)c1ccccc1NCCCc1ccccc1. The second-order valence-electron chi connectivity index (χ2n) is 4.92. The molecule has 0 saturated carbocycles. The van der Waals surface area contributed by atoms with E-state index in [4.69, 9.17) is 0 Å². The van der Waals surface area contributed by atoms with Crippen LogP contribution in [0.4, 0.5) is 5.69 Å². The minimum absolute atomic E-state index is 0.121. The summed E-state index contributed by atoms with van der Waals surface area (Å²) >= 11 is 0. The van der Waals surface area contributed by atoms with E-state index in [-0.39, 0.29) is 5.75 Å². The summed E-state index contributed by atoms with van der Waals surface area (Å²) in [6.07, 6.45) is 1.95. The number of benzene rings is 2. The van der Waals surface area contributed by atoms with Gasteiger partial charge in [0.15, 0.2) is 9.84 Å². The molecule has 0 atom stereocenters. The molecule has 0 heterocycles. The first-order valence-electron chi connectivity index (χ1n) is 7.23. The Balaban J connectivity index is 1.95. The van der Waals surface area contributed by atoms with Crippen LogP contribution in [0.3, 0.4) is 0 Å². The number of aryl methyl sites for hydroxylation is 1. The van der Waals surface area contributed by atoms with Crippen molar-refractivity contribution < 1.29 is 8.42 Å². The van der Waals surface area contributed by atoms with E-state index in [1.807, 2.05) is 30.3 Å². The van der Waals surface area contributed by atoms with E-state index in [1.165, 1.54) is 5.56 Å². The van der Waals surface area contributed by atoms with Gasteiger partial charge in [0, 0.05) is 6.54 Å². The number of para-hydroxylation sites is 1. The summed E-state index contributed by atoms with van der Waals surface area (Å²) < 4.78 is 24.1. The van der Waals surface area contributed by atoms with E-state index in [1.54, 1.807) is 19.1 Å². The van der Waals surface area contributed by atoms with Gasteiger partial charge in [-0.05, 0) is 30.5 Å². The van der Waals surface area contributed by atoms with Gasteiger partial charge in [0.25, 0.3) is 0 Å². The molecule has 0 aliphatic heterocycles. The molecule has 21 heavy (non-hydrogen) atoms. The Morgan fingerprint density at radius 1 is 0.952 bits per heavy atom. The highest BCUT2D eigenvalue weighted by Crippen LogP contribution is 2.21. The van der Waals surface area contributed by atoms with E-state index in [9.17, 15) is 8.42 Å². The van der Waals surface area contributed by atoms with Crippen molar-refractivity contribution in [2.24, 2.45) is 0 Å². The van der Waals surface area contributed by atoms with Gasteiger partial charge in [0.05, 0.1) is 16.3 Å². The van der Waals surface area contributed by atoms with Crippen molar-refractivity contribution in [2.75, 3.05) is 17.6 Å². The van der Waals surface area contributed by atoms with Crippen LogP contribution in [0.2, 0.25) is 0 Å². The molecule has 4 heteroatoms. The molecule has 0 bridgehead atoms. The molecule has 0 unspecified atom stereocenters. The van der Waals surface area contributed by atoms with Gasteiger partial charge in [-0.2, -0.15) is 0 Å². The van der Waals surface area contributed by atoms with Gasteiger partial charge in [0.1, 0.15) is 0 Å². The smallest absolute Gasteiger partial charge is 0.180 e. The van der Waals surface area contributed by atoms with Gasteiger partial charge in [-0.15, -0.1) is 0 Å². The van der Waals surface area contributed by atoms with E-state index in [0.29, 0.717) is 10.6 Å². The molecule has 112 valence electrons. The Kier molecular flexibility index (Phi) is 5.39. The van der Waals surface area contributed by atoms with Crippen LogP contribution in [-0.4, -0.2) is 20.7 Å². The maximum absolute atomic E-state index is 12.0. The molecule has 1 N–H and O–H groups in total. The average molecular weight is 303 g/mol. The summed E-state index contributed by atoms with van der Waals surface area (Å²) in [5, 5.41) is 3.24. The normalized spacial score (nSPS) is 11.3. The highest BCUT2D eigenvalue weighted by molar-refractivity contribution is 7.91. The maximum atomic E-state index is 12.0. The van der Waals surface area contributed by atoms with Crippen molar-refractivity contribution in [3.05, 3.63) is 60.2 Å². The Bertz CT molecular complexity index is 666. The molecule has 2 aromatic carbocycles. The van der Waals surface area contributed by atoms with Crippen molar-refractivity contribution in [3.8, 4) is 0 Å². The van der Waals surface area contributed by atoms with Crippen LogP contribution < -0.4 is 5.32 Å². The molecule has 0 aromatic heterocycles. The zero-order valence-electron chi connectivity index (χ0n) is 12.2. The zero-order chi connectivity index (χ0) is 15.1. The predicted molar refractivity (Wildman–Crippen MR) is 87.4 cm³/mol. The molecule has 0 saturated heterocycles. The standard InChI is InChI=1S/C17H21NO2S/c1-2-21(19,20)17-13-7-6-12-16(17)18-14-8-11-15-9-4-3-5-10-15/h3-7,9-10,12-13,18H,2,8,11,14H2,1H3. The molecule has 2 aromatic rings. The van der Waals surface area contributed by atoms with Crippen LogP contribution in [-0.2, 0) is 16.3 Å². The molecule has 3 nitrogen and oxygen atoms in total. The lowest BCUT2D eigenvalue weighted by Crippen LogP contribution is -2.10. The molecule has 0 amide bonds. The molecule has 0 aliphatic carbocycles. The Morgan fingerprint density at radius 2 is 1.62 bits per heavy atom. The molecule has 0 aliphatic rings. The van der Waals surface area contributed by atoms with E-state index in [2.05, 4.69) is 17.4 Å². The van der Waals surface area contributed by atoms with Crippen molar-refractivity contribution >= 4 is 15.5 Å². The maximum Gasteiger partial charge on any atom is 0.180 e. The number of hydrogen-bond donors (Lipinski definition) is 1. The van der Waals surface area contributed by atoms with E-state index in [0.717, 1.165) is 19.4 Å². The number of rotatable bonds is 7. The Hall–Kier alpha value is -1.81. The van der Waals surface area contributed by atoms with Gasteiger partial charge >= 0.3 is 0 Å². The van der Waals surface area contributed by atoms with E-state index >= 15 is 0 Å². The lowest BCUT2D eigenvalue weighted by molar-refractivity contribution is 0.597. The minimum Gasteiger partial charge on any atom is -0.384 e. The van der Waals surface area contributed by atoms with Crippen molar-refractivity contribution in [1.82, 2.24) is 0 Å². The lowest BCUT2D eigenvalue weighted by atomic mass is 10.1. The summed E-state index contributed by atoms with van der Waals surface area (Å²) in [5.41, 5.74) is 2.00. The van der Waals surface area contributed by atoms with Crippen LogP contribution in [0.1, 0.15) is 18.9 Å². The monoisotopic (exact) mass is 303 g/mol. The second-order valence-corrected chi connectivity index (χ2v) is 7.16. The van der Waals surface area contributed by atoms with Gasteiger partial charge in [-0.3, -0.25) is 0 Å². The summed E-state index contributed by atoms with van der Waals surface area (Å²) in [7, 11) is -3.18. The number of anilines is 1. The molecular weight excluding hydrogens is 282 g/mol. The zero-order valence-corrected chi connectivity index (χ0v) is 13.1. The second kappa shape index (κ2) is 7.27. The first-order chi connectivity index (χ1) is 10.1. The summed E-state index contributed by atoms with van der Waals surface area (Å²) in [4.78, 5) is 0.396. The molecule has 0 fully saturated rings. The summed E-state index contributed by atoms with van der Waals surface area (Å²) in [6, 6.07) is 17.4. The Morgan fingerprint density at radius 3 is 2.33 bits per heavy atom. The first kappa shape index (κ1) is 15.6. The van der Waals surface area contributed by atoms with E-state index < -0.39 is 9.84 Å². The largest absolute Gasteiger partial charge is 0.384 e. The Labute approximate surface area is 126 Å². The van der Waals surface area contributed by atoms with Gasteiger partial charge < -0.3 is 5.32 Å². The van der Waals surface area contributed by atoms with Crippen LogP contribution in [0, 0.1) is 0 Å². The van der Waals surface area contributed by atoms with Gasteiger partial charge in [-0.1, -0.05) is 49.4 Å². The van der Waals surface area contributed by atoms with Crippen LogP contribution in [0.25, 0.3) is 0 Å². The van der Waals surface area contributed by atoms with Crippen LogP contribution >= 0.6 is 0 Å². The van der Waals surface area contributed by atoms with Crippen molar-refractivity contribution in [2.45, 2.75) is 24.7 Å². The molecule has 0 radical (unpaired) electrons. The third-order valence-electron chi connectivity index (χ3n) is 3.40. The third-order valence-corrected chi connectivity index (χ3v) is 5.19. The summed E-state index contributed by atoms with van der Waals surface area (Å²) in [6.45, 7) is 2.42. The molecular formula is C17H21NO2S. The fourth-order valence-electron chi connectivity index (χ4n) is 2.20. The lowest BCUT2D eigenvalue weighted by Gasteiger charge is -2.11. The number of sulfone groups is 1. The topological polar surface area (TPSA) is 46.2 Å². The minimum atomic E-state index is -3.18. The number of nitrogens with one attached hydrogen (secondary N) is 1. The fraction of sp³-hybridized carbons (Fsp3) is 0.294. The van der Waals surface area contributed by atoms with Crippen LogP contribution in [0.15, 0.2) is 59.5 Å². The predicted octanol–water partition coefficient (Wildman–Crippen LogP) is 3.52. The fourth-order valence-corrected chi connectivity index (χ4v) is 3.27. The summed E-state index contributed by atoms with van der Waals surface area (Å²) in [5.74, 6) is 0.121. The molecule has 2 rings (SSSR count). The highest BCUT2D eigenvalue weighted by Gasteiger charge is 2.15. The quantitative estimate of drug-likeness (QED) is 0.796. The number of hydrogen-bond acceptors (Lipinski definition) is 3. The third kappa shape index (κ3) is 4.33. The first-order valence-corrected chi connectivity index (χ1v) is 8.88. The highest BCUT2D eigenvalue weighted by atomic mass is 32.2. The van der Waals surface area contributed by atoms with Crippen molar-refractivity contribution in [3.63, 3.8) is 0 Å². The van der Waals surface area contributed by atoms with Crippen LogP contribution in [0.5, 0.6) is 0 Å². The van der Waals surface area contributed by atoms with Gasteiger partial charge in [0.2, 0.25) is 0 Å². The van der Waals surface area contributed by atoms with Gasteiger partial charge in [-0.25, -0.2) is 8.42 Å². The molecule has 0 spiro atoms. The van der Waals surface area contributed by atoms with Crippen molar-refractivity contribution in [1.29, 1.82) is 0 Å². The average Bonchev–Trinajstić information content (AvgIpc) is 2.53.